The summed E-state index contributed by atoms with van der Waals surface area (Å²) in [5.74, 6) is 0.0597. The van der Waals surface area contributed by atoms with Crippen LogP contribution in [0, 0.1) is 13.8 Å². The van der Waals surface area contributed by atoms with Crippen LogP contribution in [0.2, 0.25) is 0 Å². The van der Waals surface area contributed by atoms with Crippen LogP contribution in [0.4, 0.5) is 4.39 Å². The van der Waals surface area contributed by atoms with E-state index in [4.69, 9.17) is 0 Å². The zero-order valence-corrected chi connectivity index (χ0v) is 15.3. The highest BCUT2D eigenvalue weighted by Gasteiger charge is 2.23. The molecule has 0 N–H and O–H groups in total. The van der Waals surface area contributed by atoms with Gasteiger partial charge in [-0.15, -0.1) is 0 Å². The predicted molar refractivity (Wildman–Crippen MR) is 99.6 cm³/mol. The molecule has 0 bridgehead atoms. The van der Waals surface area contributed by atoms with E-state index >= 15 is 0 Å². The SMILES string of the molecule is CCCC(F)c1ccc2c(c1)CN(C(=O)c1ccc(C)c(C)c1)CC2. The van der Waals surface area contributed by atoms with Gasteiger partial charge in [0.25, 0.3) is 5.91 Å². The van der Waals surface area contributed by atoms with E-state index in [2.05, 4.69) is 0 Å². The third kappa shape index (κ3) is 3.76. The fourth-order valence-electron chi connectivity index (χ4n) is 3.42. The summed E-state index contributed by atoms with van der Waals surface area (Å²) in [5, 5.41) is 0. The van der Waals surface area contributed by atoms with Gasteiger partial charge in [0.2, 0.25) is 0 Å². The lowest BCUT2D eigenvalue weighted by atomic mass is 9.94. The fraction of sp³-hybridized carbons (Fsp3) is 0.409. The van der Waals surface area contributed by atoms with Gasteiger partial charge in [-0.25, -0.2) is 4.39 Å². The molecule has 0 spiro atoms. The molecule has 0 saturated heterocycles. The molecule has 3 heteroatoms. The number of fused-ring (bicyclic) bond motifs is 1. The van der Waals surface area contributed by atoms with Crippen molar-refractivity contribution in [2.75, 3.05) is 6.54 Å². The van der Waals surface area contributed by atoms with Crippen molar-refractivity contribution in [3.8, 4) is 0 Å². The Morgan fingerprint density at radius 2 is 1.92 bits per heavy atom. The molecule has 132 valence electrons. The number of hydrogen-bond donors (Lipinski definition) is 0. The second-order valence-electron chi connectivity index (χ2n) is 7.06. The molecule has 1 atom stereocenters. The van der Waals surface area contributed by atoms with Crippen LogP contribution in [-0.2, 0) is 13.0 Å². The molecule has 2 aromatic rings. The summed E-state index contributed by atoms with van der Waals surface area (Å²) in [5.41, 5.74) is 6.11. The molecular formula is C22H26FNO. The summed E-state index contributed by atoms with van der Waals surface area (Å²) < 4.78 is 14.2. The fourth-order valence-corrected chi connectivity index (χ4v) is 3.42. The van der Waals surface area contributed by atoms with E-state index < -0.39 is 6.17 Å². The van der Waals surface area contributed by atoms with Crippen molar-refractivity contribution in [3.63, 3.8) is 0 Å². The Morgan fingerprint density at radius 1 is 1.12 bits per heavy atom. The second kappa shape index (κ2) is 7.38. The second-order valence-corrected chi connectivity index (χ2v) is 7.06. The van der Waals surface area contributed by atoms with Gasteiger partial charge < -0.3 is 4.90 Å². The zero-order valence-electron chi connectivity index (χ0n) is 15.3. The molecule has 1 amide bonds. The van der Waals surface area contributed by atoms with Gasteiger partial charge >= 0.3 is 0 Å². The lowest BCUT2D eigenvalue weighted by molar-refractivity contribution is 0.0734. The number of amides is 1. The van der Waals surface area contributed by atoms with Crippen LogP contribution in [0.15, 0.2) is 36.4 Å². The van der Waals surface area contributed by atoms with Gasteiger partial charge in [-0.2, -0.15) is 0 Å². The molecule has 0 saturated carbocycles. The van der Waals surface area contributed by atoms with Crippen LogP contribution >= 0.6 is 0 Å². The molecule has 2 nitrogen and oxygen atoms in total. The largest absolute Gasteiger partial charge is 0.334 e. The number of nitrogens with zero attached hydrogens (tertiary/aromatic N) is 1. The summed E-state index contributed by atoms with van der Waals surface area (Å²) in [6.45, 7) is 7.35. The van der Waals surface area contributed by atoms with Gasteiger partial charge in [-0.05, 0) is 66.6 Å². The van der Waals surface area contributed by atoms with Crippen molar-refractivity contribution in [1.29, 1.82) is 0 Å². The van der Waals surface area contributed by atoms with E-state index in [-0.39, 0.29) is 5.91 Å². The number of halogens is 1. The maximum atomic E-state index is 14.2. The van der Waals surface area contributed by atoms with Crippen molar-refractivity contribution in [2.45, 2.75) is 52.8 Å². The Hall–Kier alpha value is -2.16. The molecule has 1 aliphatic rings. The van der Waals surface area contributed by atoms with Crippen LogP contribution < -0.4 is 0 Å². The standard InChI is InChI=1S/C22H26FNO/c1-4-5-21(23)18-9-8-17-10-11-24(14-20(17)13-18)22(25)19-7-6-15(2)16(3)12-19/h6-9,12-13,21H,4-5,10-11,14H2,1-3H3. The minimum atomic E-state index is -0.916. The number of carbonyl (C=O) groups is 1. The van der Waals surface area contributed by atoms with E-state index in [1.54, 1.807) is 0 Å². The molecule has 0 aliphatic carbocycles. The Kier molecular flexibility index (Phi) is 5.22. The molecule has 1 unspecified atom stereocenters. The van der Waals surface area contributed by atoms with Crippen LogP contribution in [-0.4, -0.2) is 17.4 Å². The van der Waals surface area contributed by atoms with Crippen LogP contribution in [0.1, 0.15) is 64.1 Å². The first-order chi connectivity index (χ1) is 12.0. The molecule has 0 radical (unpaired) electrons. The van der Waals surface area contributed by atoms with Crippen molar-refractivity contribution < 1.29 is 9.18 Å². The number of alkyl halides is 1. The summed E-state index contributed by atoms with van der Waals surface area (Å²) in [4.78, 5) is 14.7. The highest BCUT2D eigenvalue weighted by atomic mass is 19.1. The predicted octanol–water partition coefficient (Wildman–Crippen LogP) is 5.31. The Balaban J connectivity index is 1.80. The number of hydrogen-bond acceptors (Lipinski definition) is 1. The molecular weight excluding hydrogens is 313 g/mol. The highest BCUT2D eigenvalue weighted by molar-refractivity contribution is 5.94. The van der Waals surface area contributed by atoms with Gasteiger partial charge in [-0.1, -0.05) is 37.6 Å². The normalized spacial score (nSPS) is 15.0. The Bertz CT molecular complexity index is 784. The monoisotopic (exact) mass is 339 g/mol. The third-order valence-electron chi connectivity index (χ3n) is 5.19. The van der Waals surface area contributed by atoms with Crippen molar-refractivity contribution >= 4 is 5.91 Å². The van der Waals surface area contributed by atoms with Crippen molar-refractivity contribution in [3.05, 3.63) is 69.8 Å². The first-order valence-corrected chi connectivity index (χ1v) is 9.12. The van der Waals surface area contributed by atoms with Crippen LogP contribution in [0.3, 0.4) is 0 Å². The smallest absolute Gasteiger partial charge is 0.254 e. The maximum absolute atomic E-state index is 14.2. The van der Waals surface area contributed by atoms with Gasteiger partial charge in [-0.3, -0.25) is 4.79 Å². The van der Waals surface area contributed by atoms with E-state index in [0.29, 0.717) is 19.5 Å². The van der Waals surface area contributed by atoms with E-state index in [1.807, 2.05) is 62.1 Å². The maximum Gasteiger partial charge on any atom is 0.254 e. The van der Waals surface area contributed by atoms with Crippen LogP contribution in [0.5, 0.6) is 0 Å². The number of aryl methyl sites for hydroxylation is 2. The molecule has 0 fully saturated rings. The minimum Gasteiger partial charge on any atom is -0.334 e. The van der Waals surface area contributed by atoms with E-state index in [0.717, 1.165) is 35.1 Å². The third-order valence-corrected chi connectivity index (χ3v) is 5.19. The Morgan fingerprint density at radius 3 is 2.64 bits per heavy atom. The number of rotatable bonds is 4. The van der Waals surface area contributed by atoms with Gasteiger partial charge in [0, 0.05) is 18.7 Å². The molecule has 25 heavy (non-hydrogen) atoms. The van der Waals surface area contributed by atoms with Crippen LogP contribution in [0.25, 0.3) is 0 Å². The average Bonchev–Trinajstić information content (AvgIpc) is 2.62. The van der Waals surface area contributed by atoms with Gasteiger partial charge in [0.15, 0.2) is 0 Å². The lowest BCUT2D eigenvalue weighted by Crippen LogP contribution is -2.36. The number of carbonyl (C=O) groups excluding carboxylic acids is 1. The van der Waals surface area contributed by atoms with Crippen molar-refractivity contribution in [2.24, 2.45) is 0 Å². The molecule has 0 aromatic heterocycles. The van der Waals surface area contributed by atoms with E-state index in [9.17, 15) is 9.18 Å². The highest BCUT2D eigenvalue weighted by Crippen LogP contribution is 2.28. The molecule has 1 aliphatic heterocycles. The van der Waals surface area contributed by atoms with E-state index in [1.165, 1.54) is 11.1 Å². The Labute approximate surface area is 149 Å². The topological polar surface area (TPSA) is 20.3 Å². The quantitative estimate of drug-likeness (QED) is 0.739. The summed E-state index contributed by atoms with van der Waals surface area (Å²) in [6.07, 6.45) is 1.29. The first kappa shape index (κ1) is 17.7. The molecule has 1 heterocycles. The molecule has 3 rings (SSSR count). The molecule has 2 aromatic carbocycles. The lowest BCUT2D eigenvalue weighted by Gasteiger charge is -2.29. The average molecular weight is 339 g/mol. The summed E-state index contributed by atoms with van der Waals surface area (Å²) >= 11 is 0. The summed E-state index contributed by atoms with van der Waals surface area (Å²) in [6, 6.07) is 11.7. The summed E-state index contributed by atoms with van der Waals surface area (Å²) in [7, 11) is 0. The van der Waals surface area contributed by atoms with Gasteiger partial charge in [0.05, 0.1) is 0 Å². The zero-order chi connectivity index (χ0) is 18.0. The van der Waals surface area contributed by atoms with Gasteiger partial charge in [0.1, 0.15) is 6.17 Å². The van der Waals surface area contributed by atoms with Crippen molar-refractivity contribution in [1.82, 2.24) is 4.90 Å². The number of benzene rings is 2. The first-order valence-electron chi connectivity index (χ1n) is 9.12. The minimum absolute atomic E-state index is 0.0597.